The number of unbranched alkanes of at least 4 members (excludes halogenated alkanes) is 14. The van der Waals surface area contributed by atoms with E-state index in [1.165, 1.54) is 64.2 Å². The fraction of sp³-hybridized carbons (Fsp3) is 0.844. The number of carbonyl (C=O) groups is 3. The molecule has 7 heteroatoms. The number of carbonyl (C=O) groups excluding carboxylic acids is 2. The van der Waals surface area contributed by atoms with Gasteiger partial charge in [-0.05, 0) is 64.0 Å². The second kappa shape index (κ2) is 27.7. The molecule has 0 bridgehead atoms. The van der Waals surface area contributed by atoms with Crippen LogP contribution in [0.25, 0.3) is 0 Å². The Balaban J connectivity index is 4.36. The molecule has 1 amide bonds. The van der Waals surface area contributed by atoms with Gasteiger partial charge in [0.15, 0.2) is 0 Å². The predicted molar refractivity (Wildman–Crippen MR) is 161 cm³/mol. The van der Waals surface area contributed by atoms with Gasteiger partial charge in [-0.1, -0.05) is 97.0 Å². The molecule has 2 unspecified atom stereocenters. The van der Waals surface area contributed by atoms with Gasteiger partial charge in [-0.25, -0.2) is 4.79 Å². The van der Waals surface area contributed by atoms with Crippen molar-refractivity contribution in [2.45, 2.75) is 167 Å². The van der Waals surface area contributed by atoms with Gasteiger partial charge in [0, 0.05) is 12.8 Å². The minimum absolute atomic E-state index is 0.0968. The molecule has 0 saturated carbocycles. The van der Waals surface area contributed by atoms with Crippen molar-refractivity contribution in [3.8, 4) is 0 Å². The van der Waals surface area contributed by atoms with Crippen molar-refractivity contribution in [2.75, 3.05) is 6.54 Å². The first-order chi connectivity index (χ1) is 18.9. The van der Waals surface area contributed by atoms with E-state index in [1.54, 1.807) is 0 Å². The molecule has 2 atom stereocenters. The minimum atomic E-state index is -1.02. The maximum atomic E-state index is 12.5. The van der Waals surface area contributed by atoms with Crippen molar-refractivity contribution in [3.63, 3.8) is 0 Å². The third-order valence-corrected chi connectivity index (χ3v) is 7.07. The number of carboxylic acid groups (broad SMARTS) is 1. The van der Waals surface area contributed by atoms with Crippen molar-refractivity contribution in [2.24, 2.45) is 5.73 Å². The van der Waals surface area contributed by atoms with Gasteiger partial charge in [-0.3, -0.25) is 9.59 Å². The standard InChI is InChI=1S/C32H60N2O5/c1-3-5-7-9-11-13-17-22-28(39-31(36)26-20-14-12-10-8-6-4-2)23-18-15-16-19-25-30(35)34-29(32(37)38)24-21-27-33/h17,22,28-29H,3-16,18-21,23-27,33H2,1-2H3,(H,34,35)(H,37,38)/b22-17-. The predicted octanol–water partition coefficient (Wildman–Crippen LogP) is 7.60. The van der Waals surface area contributed by atoms with Gasteiger partial charge in [0.2, 0.25) is 5.91 Å². The maximum Gasteiger partial charge on any atom is 0.326 e. The molecule has 0 rings (SSSR count). The largest absolute Gasteiger partial charge is 0.480 e. The number of rotatable bonds is 28. The zero-order valence-electron chi connectivity index (χ0n) is 25.2. The average Bonchev–Trinajstić information content (AvgIpc) is 2.91. The molecule has 228 valence electrons. The van der Waals surface area contributed by atoms with E-state index in [2.05, 4.69) is 31.3 Å². The lowest BCUT2D eigenvalue weighted by Crippen LogP contribution is -2.40. The van der Waals surface area contributed by atoms with Gasteiger partial charge < -0.3 is 20.9 Å². The number of amides is 1. The number of nitrogens with two attached hydrogens (primary N) is 1. The first kappa shape index (κ1) is 37.1. The molecule has 39 heavy (non-hydrogen) atoms. The Kier molecular flexibility index (Phi) is 26.3. The number of carboxylic acids is 1. The summed E-state index contributed by atoms with van der Waals surface area (Å²) in [6, 6.07) is -0.865. The Bertz CT molecular complexity index is 638. The van der Waals surface area contributed by atoms with Crippen molar-refractivity contribution >= 4 is 17.8 Å². The van der Waals surface area contributed by atoms with Crippen LogP contribution in [0.5, 0.6) is 0 Å². The van der Waals surface area contributed by atoms with Gasteiger partial charge in [0.05, 0.1) is 0 Å². The normalized spacial score (nSPS) is 12.9. The topological polar surface area (TPSA) is 119 Å². The summed E-state index contributed by atoms with van der Waals surface area (Å²) in [5.41, 5.74) is 5.45. The minimum Gasteiger partial charge on any atom is -0.480 e. The average molecular weight is 553 g/mol. The van der Waals surface area contributed by atoms with E-state index in [1.807, 2.05) is 0 Å². The molecule has 0 aromatic carbocycles. The van der Waals surface area contributed by atoms with Gasteiger partial charge in [0.25, 0.3) is 0 Å². The van der Waals surface area contributed by atoms with E-state index < -0.39 is 12.0 Å². The zero-order valence-corrected chi connectivity index (χ0v) is 25.2. The van der Waals surface area contributed by atoms with E-state index in [0.29, 0.717) is 38.6 Å². The van der Waals surface area contributed by atoms with Crippen LogP contribution in [-0.4, -0.2) is 41.6 Å². The highest BCUT2D eigenvalue weighted by Crippen LogP contribution is 2.15. The Morgan fingerprint density at radius 2 is 1.31 bits per heavy atom. The van der Waals surface area contributed by atoms with Crippen molar-refractivity contribution in [1.29, 1.82) is 0 Å². The summed E-state index contributed by atoms with van der Waals surface area (Å²) < 4.78 is 5.83. The first-order valence-corrected chi connectivity index (χ1v) is 16.0. The molecular formula is C32H60N2O5. The van der Waals surface area contributed by atoms with Crippen molar-refractivity contribution in [3.05, 3.63) is 12.2 Å². The van der Waals surface area contributed by atoms with Crippen LogP contribution in [-0.2, 0) is 19.1 Å². The number of hydrogen-bond donors (Lipinski definition) is 3. The van der Waals surface area contributed by atoms with Crippen LogP contribution in [0.15, 0.2) is 12.2 Å². The summed E-state index contributed by atoms with van der Waals surface area (Å²) in [6.07, 6.45) is 25.6. The summed E-state index contributed by atoms with van der Waals surface area (Å²) in [4.78, 5) is 35.8. The molecule has 0 saturated heterocycles. The van der Waals surface area contributed by atoms with Gasteiger partial charge in [0.1, 0.15) is 12.1 Å². The maximum absolute atomic E-state index is 12.5. The number of esters is 1. The van der Waals surface area contributed by atoms with E-state index in [9.17, 15) is 19.5 Å². The number of allylic oxidation sites excluding steroid dienone is 1. The fourth-order valence-electron chi connectivity index (χ4n) is 4.59. The molecule has 0 radical (unpaired) electrons. The SMILES string of the molecule is CCCCCCC/C=C\C(CCCCCCC(=O)NC(CCCN)C(=O)O)OC(=O)CCCCCCCCC. The Hall–Kier alpha value is -1.89. The number of nitrogens with one attached hydrogen (secondary N) is 1. The van der Waals surface area contributed by atoms with Crippen LogP contribution >= 0.6 is 0 Å². The summed E-state index contributed by atoms with van der Waals surface area (Å²) in [5.74, 6) is -1.34. The van der Waals surface area contributed by atoms with Crippen LogP contribution in [0.2, 0.25) is 0 Å². The van der Waals surface area contributed by atoms with Crippen molar-refractivity contribution < 1.29 is 24.2 Å². The van der Waals surface area contributed by atoms with E-state index in [-0.39, 0.29) is 18.0 Å². The smallest absolute Gasteiger partial charge is 0.326 e. The summed E-state index contributed by atoms with van der Waals surface area (Å²) >= 11 is 0. The van der Waals surface area contributed by atoms with Gasteiger partial charge in [-0.15, -0.1) is 0 Å². The third kappa shape index (κ3) is 24.9. The Labute approximate surface area is 239 Å². The fourth-order valence-corrected chi connectivity index (χ4v) is 4.59. The Morgan fingerprint density at radius 3 is 1.92 bits per heavy atom. The zero-order chi connectivity index (χ0) is 29.0. The molecule has 0 aromatic rings. The van der Waals surface area contributed by atoms with Crippen LogP contribution in [0.1, 0.15) is 155 Å². The lowest BCUT2D eigenvalue weighted by Gasteiger charge is -2.15. The molecule has 0 fully saturated rings. The molecule has 0 heterocycles. The van der Waals surface area contributed by atoms with Crippen molar-refractivity contribution in [1.82, 2.24) is 5.32 Å². The Morgan fingerprint density at radius 1 is 0.744 bits per heavy atom. The third-order valence-electron chi connectivity index (χ3n) is 7.07. The van der Waals surface area contributed by atoms with E-state index in [4.69, 9.17) is 10.5 Å². The van der Waals surface area contributed by atoms with E-state index >= 15 is 0 Å². The molecule has 0 aliphatic rings. The number of ether oxygens (including phenoxy) is 1. The van der Waals surface area contributed by atoms with Crippen LogP contribution in [0.4, 0.5) is 0 Å². The monoisotopic (exact) mass is 552 g/mol. The van der Waals surface area contributed by atoms with Crippen LogP contribution in [0.3, 0.4) is 0 Å². The molecule has 0 aliphatic carbocycles. The lowest BCUT2D eigenvalue weighted by atomic mass is 10.1. The summed E-state index contributed by atoms with van der Waals surface area (Å²) in [7, 11) is 0. The molecule has 0 spiro atoms. The summed E-state index contributed by atoms with van der Waals surface area (Å²) in [5, 5.41) is 11.8. The quantitative estimate of drug-likeness (QED) is 0.0522. The van der Waals surface area contributed by atoms with Gasteiger partial charge in [-0.2, -0.15) is 0 Å². The molecule has 7 nitrogen and oxygen atoms in total. The highest BCUT2D eigenvalue weighted by atomic mass is 16.5. The molecule has 4 N–H and O–H groups in total. The van der Waals surface area contributed by atoms with Crippen LogP contribution < -0.4 is 11.1 Å². The molecule has 0 aromatic heterocycles. The number of aliphatic carboxylic acids is 1. The first-order valence-electron chi connectivity index (χ1n) is 16.0. The second-order valence-corrected chi connectivity index (χ2v) is 10.9. The lowest BCUT2D eigenvalue weighted by molar-refractivity contribution is -0.147. The number of hydrogen-bond acceptors (Lipinski definition) is 5. The molecule has 0 aliphatic heterocycles. The highest BCUT2D eigenvalue weighted by molar-refractivity contribution is 5.83. The highest BCUT2D eigenvalue weighted by Gasteiger charge is 2.18. The molecular weight excluding hydrogens is 492 g/mol. The van der Waals surface area contributed by atoms with E-state index in [0.717, 1.165) is 44.9 Å². The second-order valence-electron chi connectivity index (χ2n) is 10.9. The summed E-state index contributed by atoms with van der Waals surface area (Å²) in [6.45, 7) is 4.85. The van der Waals surface area contributed by atoms with Crippen LogP contribution in [0, 0.1) is 0 Å². The van der Waals surface area contributed by atoms with Gasteiger partial charge >= 0.3 is 11.9 Å².